The molecule has 0 saturated carbocycles. The molecule has 1 N–H and O–H groups in total. The Kier molecular flexibility index (Phi) is 2.73. The molecule has 2 rings (SSSR count). The number of hydrogen-bond acceptors (Lipinski definition) is 5. The van der Waals surface area contributed by atoms with Crippen molar-refractivity contribution in [2.45, 2.75) is 6.18 Å². The average molecular weight is 246 g/mol. The number of halogens is 3. The summed E-state index contributed by atoms with van der Waals surface area (Å²) in [5.74, 6) is 0. The first kappa shape index (κ1) is 10.8. The Balaban J connectivity index is 2.34. The molecule has 0 aliphatic heterocycles. The third kappa shape index (κ3) is 2.27. The topological polar surface area (TPSA) is 50.7 Å². The number of rotatable bonds is 2. The minimum atomic E-state index is -4.40. The molecule has 0 amide bonds. The highest BCUT2D eigenvalue weighted by Crippen LogP contribution is 2.35. The summed E-state index contributed by atoms with van der Waals surface area (Å²) in [5.41, 5.74) is -0.807. The maximum atomic E-state index is 12.6. The minimum Gasteiger partial charge on any atom is -0.328 e. The molecule has 1 aromatic heterocycles. The second kappa shape index (κ2) is 4.05. The van der Waals surface area contributed by atoms with Gasteiger partial charge in [0.2, 0.25) is 5.13 Å². The lowest BCUT2D eigenvalue weighted by Crippen LogP contribution is -2.08. The maximum absolute atomic E-state index is 12.6. The van der Waals surface area contributed by atoms with Crippen LogP contribution in [0.2, 0.25) is 0 Å². The van der Waals surface area contributed by atoms with Gasteiger partial charge in [-0.15, -0.1) is 0 Å². The molecule has 0 bridgehead atoms. The van der Waals surface area contributed by atoms with E-state index in [-0.39, 0.29) is 10.8 Å². The van der Waals surface area contributed by atoms with Gasteiger partial charge in [0.1, 0.15) is 0 Å². The zero-order chi connectivity index (χ0) is 11.6. The molecule has 2 aromatic rings. The van der Waals surface area contributed by atoms with Gasteiger partial charge in [0.05, 0.1) is 11.3 Å². The number of alkyl halides is 3. The molecule has 0 radical (unpaired) electrons. The normalized spacial score (nSPS) is 11.4. The number of nitrogens with one attached hydrogen (secondary N) is 1. The van der Waals surface area contributed by atoms with Crippen molar-refractivity contribution in [1.29, 1.82) is 0 Å². The fraction of sp³-hybridized carbons (Fsp3) is 0.125. The molecule has 8 heteroatoms. The molecule has 0 atom stereocenters. The Morgan fingerprint density at radius 2 is 1.94 bits per heavy atom. The summed E-state index contributed by atoms with van der Waals surface area (Å²) in [4.78, 5) is 0. The van der Waals surface area contributed by atoms with Crippen LogP contribution in [0.3, 0.4) is 0 Å². The molecular weight excluding hydrogens is 241 g/mol. The average Bonchev–Trinajstić information content (AvgIpc) is 2.70. The third-order valence-electron chi connectivity index (χ3n) is 1.77. The second-order valence-electron chi connectivity index (χ2n) is 2.84. The van der Waals surface area contributed by atoms with E-state index in [2.05, 4.69) is 20.1 Å². The molecule has 0 unspecified atom stereocenters. The predicted molar refractivity (Wildman–Crippen MR) is 52.4 cm³/mol. The van der Waals surface area contributed by atoms with E-state index in [1.54, 1.807) is 0 Å². The van der Waals surface area contributed by atoms with Crippen LogP contribution in [-0.2, 0) is 6.18 Å². The molecule has 1 heterocycles. The smallest absolute Gasteiger partial charge is 0.328 e. The predicted octanol–water partition coefficient (Wildman–Crippen LogP) is 2.70. The third-order valence-corrected chi connectivity index (χ3v) is 2.28. The molecule has 0 saturated heterocycles. The van der Waals surface area contributed by atoms with Crippen LogP contribution in [0.1, 0.15) is 5.56 Å². The van der Waals surface area contributed by atoms with E-state index in [0.717, 1.165) is 17.6 Å². The maximum Gasteiger partial charge on any atom is 0.418 e. The van der Waals surface area contributed by atoms with Crippen molar-refractivity contribution in [1.82, 2.24) is 14.8 Å². The number of para-hydroxylation sites is 1. The van der Waals surface area contributed by atoms with Crippen molar-refractivity contribution in [3.63, 3.8) is 0 Å². The standard InChI is InChI=1S/C8H5F3N4S/c9-8(10,11)5-3-1-2-4-6(5)12-7-13-14-15-16-7/h1-4H,(H,12,13,15). The first-order chi connectivity index (χ1) is 7.57. The SMILES string of the molecule is FC(F)(F)c1ccccc1Nc1nnns1. The second-order valence-corrected chi connectivity index (χ2v) is 3.57. The van der Waals surface area contributed by atoms with Gasteiger partial charge >= 0.3 is 6.18 Å². The summed E-state index contributed by atoms with van der Waals surface area (Å²) in [6.07, 6.45) is -4.40. The summed E-state index contributed by atoms with van der Waals surface area (Å²) in [7, 11) is 0. The summed E-state index contributed by atoms with van der Waals surface area (Å²) in [6, 6.07) is 5.15. The summed E-state index contributed by atoms with van der Waals surface area (Å²) in [6.45, 7) is 0. The van der Waals surface area contributed by atoms with Crippen molar-refractivity contribution >= 4 is 22.4 Å². The van der Waals surface area contributed by atoms with Gasteiger partial charge in [-0.25, -0.2) is 0 Å². The van der Waals surface area contributed by atoms with Crippen LogP contribution >= 0.6 is 11.5 Å². The fourth-order valence-corrected chi connectivity index (χ4v) is 1.52. The van der Waals surface area contributed by atoms with E-state index in [1.165, 1.54) is 18.2 Å². The Bertz CT molecular complexity index is 468. The molecule has 16 heavy (non-hydrogen) atoms. The summed E-state index contributed by atoms with van der Waals surface area (Å²) < 4.78 is 41.2. The van der Waals surface area contributed by atoms with E-state index >= 15 is 0 Å². The largest absolute Gasteiger partial charge is 0.418 e. The first-order valence-electron chi connectivity index (χ1n) is 4.15. The quantitative estimate of drug-likeness (QED) is 0.885. The van der Waals surface area contributed by atoms with Crippen molar-refractivity contribution < 1.29 is 13.2 Å². The van der Waals surface area contributed by atoms with E-state index in [9.17, 15) is 13.2 Å². The van der Waals surface area contributed by atoms with Crippen LogP contribution in [0, 0.1) is 0 Å². The number of nitrogens with zero attached hydrogens (tertiary/aromatic N) is 3. The first-order valence-corrected chi connectivity index (χ1v) is 4.93. The van der Waals surface area contributed by atoms with E-state index in [0.29, 0.717) is 0 Å². The Labute approximate surface area is 92.3 Å². The number of aromatic nitrogens is 3. The lowest BCUT2D eigenvalue weighted by molar-refractivity contribution is -0.136. The molecule has 0 spiro atoms. The Hall–Kier alpha value is -1.70. The van der Waals surface area contributed by atoms with Crippen LogP contribution in [0.5, 0.6) is 0 Å². The highest BCUT2D eigenvalue weighted by atomic mass is 32.1. The van der Waals surface area contributed by atoms with E-state index in [4.69, 9.17) is 0 Å². The number of benzene rings is 1. The highest BCUT2D eigenvalue weighted by Gasteiger charge is 2.33. The van der Waals surface area contributed by atoms with Gasteiger partial charge < -0.3 is 5.32 Å². The van der Waals surface area contributed by atoms with Crippen molar-refractivity contribution in [3.05, 3.63) is 29.8 Å². The van der Waals surface area contributed by atoms with Crippen LogP contribution < -0.4 is 5.32 Å². The van der Waals surface area contributed by atoms with Gasteiger partial charge in [-0.2, -0.15) is 13.2 Å². The van der Waals surface area contributed by atoms with E-state index in [1.807, 2.05) is 0 Å². The molecule has 0 aliphatic carbocycles. The molecule has 1 aromatic carbocycles. The molecule has 0 fully saturated rings. The fourth-order valence-electron chi connectivity index (χ4n) is 1.14. The van der Waals surface area contributed by atoms with Gasteiger partial charge in [0.25, 0.3) is 0 Å². The minimum absolute atomic E-state index is 0.0615. The van der Waals surface area contributed by atoms with Crippen LogP contribution in [0.4, 0.5) is 24.0 Å². The molecule has 84 valence electrons. The molecular formula is C8H5F3N4S. The lowest BCUT2D eigenvalue weighted by atomic mass is 10.2. The molecule has 0 aliphatic rings. The van der Waals surface area contributed by atoms with Crippen molar-refractivity contribution in [3.8, 4) is 0 Å². The monoisotopic (exact) mass is 246 g/mol. The summed E-state index contributed by atoms with van der Waals surface area (Å²) >= 11 is 0.886. The Morgan fingerprint density at radius 3 is 2.56 bits per heavy atom. The summed E-state index contributed by atoms with van der Waals surface area (Å²) in [5, 5.41) is 9.54. The van der Waals surface area contributed by atoms with Crippen LogP contribution in [0.15, 0.2) is 24.3 Å². The van der Waals surface area contributed by atoms with Crippen molar-refractivity contribution in [2.75, 3.05) is 5.32 Å². The number of hydrogen-bond donors (Lipinski definition) is 1. The van der Waals surface area contributed by atoms with Gasteiger partial charge in [-0.1, -0.05) is 21.7 Å². The number of anilines is 2. The zero-order valence-corrected chi connectivity index (χ0v) is 8.51. The molecule has 4 nitrogen and oxygen atoms in total. The van der Waals surface area contributed by atoms with Crippen LogP contribution in [-0.4, -0.2) is 14.8 Å². The van der Waals surface area contributed by atoms with E-state index < -0.39 is 11.7 Å². The van der Waals surface area contributed by atoms with Gasteiger partial charge in [-0.3, -0.25) is 0 Å². The van der Waals surface area contributed by atoms with Crippen molar-refractivity contribution in [2.24, 2.45) is 0 Å². The highest BCUT2D eigenvalue weighted by molar-refractivity contribution is 7.09. The Morgan fingerprint density at radius 1 is 1.19 bits per heavy atom. The van der Waals surface area contributed by atoms with Gasteiger partial charge in [0.15, 0.2) is 0 Å². The lowest BCUT2D eigenvalue weighted by Gasteiger charge is -2.11. The van der Waals surface area contributed by atoms with Gasteiger partial charge in [0, 0.05) is 11.5 Å². The zero-order valence-electron chi connectivity index (χ0n) is 7.69. The van der Waals surface area contributed by atoms with Crippen LogP contribution in [0.25, 0.3) is 0 Å². The van der Waals surface area contributed by atoms with Gasteiger partial charge in [-0.05, 0) is 17.3 Å².